The van der Waals surface area contributed by atoms with Gasteiger partial charge in [-0.1, -0.05) is 12.1 Å². The molecule has 2 heterocycles. The highest BCUT2D eigenvalue weighted by Crippen LogP contribution is 2.37. The molecule has 1 saturated heterocycles. The van der Waals surface area contributed by atoms with Gasteiger partial charge in [-0.25, -0.2) is 4.98 Å². The third-order valence-electron chi connectivity index (χ3n) is 4.68. The molecule has 0 saturated carbocycles. The van der Waals surface area contributed by atoms with Crippen LogP contribution in [0.1, 0.15) is 0 Å². The number of halogens is 1. The third kappa shape index (κ3) is 3.63. The van der Waals surface area contributed by atoms with Gasteiger partial charge >= 0.3 is 0 Å². The number of methoxy groups -OCH3 is 2. The molecule has 1 aromatic heterocycles. The Morgan fingerprint density at radius 3 is 2.50 bits per heavy atom. The normalized spacial score (nSPS) is 14.2. The van der Waals surface area contributed by atoms with Crippen molar-refractivity contribution in [2.24, 2.45) is 0 Å². The Kier molecular flexibility index (Phi) is 5.36. The molecule has 0 radical (unpaired) electrons. The van der Waals surface area contributed by atoms with E-state index >= 15 is 0 Å². The Hall–Kier alpha value is -2.77. The van der Waals surface area contributed by atoms with Gasteiger partial charge in [-0.3, -0.25) is 0 Å². The maximum Gasteiger partial charge on any atom is 0.224 e. The first-order chi connectivity index (χ1) is 13.7. The molecule has 7 nitrogen and oxygen atoms in total. The predicted octanol–water partition coefficient (Wildman–Crippen LogP) is 3.88. The average molecular weight is 401 g/mol. The van der Waals surface area contributed by atoms with Gasteiger partial charge in [-0.15, -0.1) is 0 Å². The Bertz CT molecular complexity index is 993. The van der Waals surface area contributed by atoms with E-state index in [1.54, 1.807) is 20.3 Å². The standard InChI is InChI=1S/C20H21ClN4O3/c1-26-17-11-13-15(12-18(17)27-2)23-20(21)24-19(13)22-14-5-3-4-6-16(14)25-7-9-28-10-8-25/h3-6,11-12H,7-10H2,1-2H3,(H,22,23,24). The van der Waals surface area contributed by atoms with Crippen LogP contribution in [0.15, 0.2) is 36.4 Å². The van der Waals surface area contributed by atoms with Crippen LogP contribution in [0.5, 0.6) is 11.5 Å². The number of benzene rings is 2. The van der Waals surface area contributed by atoms with E-state index in [0.29, 0.717) is 36.0 Å². The van der Waals surface area contributed by atoms with E-state index in [1.807, 2.05) is 24.3 Å². The number of ether oxygens (including phenoxy) is 3. The van der Waals surface area contributed by atoms with Crippen molar-refractivity contribution in [2.75, 3.05) is 50.7 Å². The second-order valence-electron chi connectivity index (χ2n) is 6.31. The van der Waals surface area contributed by atoms with Gasteiger partial charge in [0.2, 0.25) is 5.28 Å². The van der Waals surface area contributed by atoms with E-state index in [9.17, 15) is 0 Å². The maximum atomic E-state index is 6.19. The van der Waals surface area contributed by atoms with Gasteiger partial charge in [-0.05, 0) is 29.8 Å². The minimum atomic E-state index is 0.158. The zero-order chi connectivity index (χ0) is 19.5. The smallest absolute Gasteiger partial charge is 0.224 e. The minimum absolute atomic E-state index is 0.158. The fourth-order valence-corrected chi connectivity index (χ4v) is 3.49. The van der Waals surface area contributed by atoms with Crippen molar-refractivity contribution in [3.63, 3.8) is 0 Å². The Labute approximate surface area is 168 Å². The molecule has 0 aliphatic carbocycles. The largest absolute Gasteiger partial charge is 0.493 e. The zero-order valence-corrected chi connectivity index (χ0v) is 16.5. The van der Waals surface area contributed by atoms with Crippen LogP contribution >= 0.6 is 11.6 Å². The quantitative estimate of drug-likeness (QED) is 0.652. The molecule has 146 valence electrons. The highest BCUT2D eigenvalue weighted by Gasteiger charge is 2.17. The molecule has 1 aliphatic heterocycles. The van der Waals surface area contributed by atoms with E-state index < -0.39 is 0 Å². The monoisotopic (exact) mass is 400 g/mol. The lowest BCUT2D eigenvalue weighted by atomic mass is 10.2. The third-order valence-corrected chi connectivity index (χ3v) is 4.85. The van der Waals surface area contributed by atoms with Crippen LogP contribution in [0.25, 0.3) is 10.9 Å². The number of para-hydroxylation sites is 2. The maximum absolute atomic E-state index is 6.19. The summed E-state index contributed by atoms with van der Waals surface area (Å²) in [5.74, 6) is 1.80. The molecule has 1 aliphatic rings. The van der Waals surface area contributed by atoms with E-state index in [-0.39, 0.29) is 5.28 Å². The van der Waals surface area contributed by atoms with E-state index in [2.05, 4.69) is 26.3 Å². The molecule has 0 atom stereocenters. The molecule has 0 unspecified atom stereocenters. The molecule has 1 N–H and O–H groups in total. The average Bonchev–Trinajstić information content (AvgIpc) is 2.73. The van der Waals surface area contributed by atoms with Gasteiger partial charge in [0.05, 0.1) is 44.3 Å². The Balaban J connectivity index is 1.78. The van der Waals surface area contributed by atoms with Crippen LogP contribution in [0.3, 0.4) is 0 Å². The number of rotatable bonds is 5. The minimum Gasteiger partial charge on any atom is -0.493 e. The summed E-state index contributed by atoms with van der Waals surface area (Å²) in [5, 5.41) is 4.38. The second-order valence-corrected chi connectivity index (χ2v) is 6.65. The summed E-state index contributed by atoms with van der Waals surface area (Å²) < 4.78 is 16.3. The number of hydrogen-bond donors (Lipinski definition) is 1. The van der Waals surface area contributed by atoms with Crippen molar-refractivity contribution in [1.82, 2.24) is 9.97 Å². The van der Waals surface area contributed by atoms with Crippen molar-refractivity contribution < 1.29 is 14.2 Å². The molecule has 0 bridgehead atoms. The molecule has 0 spiro atoms. The number of nitrogens with one attached hydrogen (secondary N) is 1. The summed E-state index contributed by atoms with van der Waals surface area (Å²) in [6, 6.07) is 11.8. The number of hydrogen-bond acceptors (Lipinski definition) is 7. The first-order valence-electron chi connectivity index (χ1n) is 8.97. The van der Waals surface area contributed by atoms with Crippen LogP contribution in [0.4, 0.5) is 17.2 Å². The summed E-state index contributed by atoms with van der Waals surface area (Å²) in [5.41, 5.74) is 2.70. The number of anilines is 3. The lowest BCUT2D eigenvalue weighted by molar-refractivity contribution is 0.123. The van der Waals surface area contributed by atoms with Crippen LogP contribution in [-0.4, -0.2) is 50.5 Å². The number of fused-ring (bicyclic) bond motifs is 1. The summed E-state index contributed by atoms with van der Waals surface area (Å²) in [7, 11) is 3.19. The lowest BCUT2D eigenvalue weighted by Crippen LogP contribution is -2.36. The van der Waals surface area contributed by atoms with Crippen molar-refractivity contribution in [2.45, 2.75) is 0 Å². The fraction of sp³-hybridized carbons (Fsp3) is 0.300. The van der Waals surface area contributed by atoms with Gasteiger partial charge in [-0.2, -0.15) is 4.98 Å². The predicted molar refractivity (Wildman–Crippen MR) is 110 cm³/mol. The van der Waals surface area contributed by atoms with Gasteiger partial charge in [0, 0.05) is 24.5 Å². The summed E-state index contributed by atoms with van der Waals surface area (Å²) in [6.07, 6.45) is 0. The highest BCUT2D eigenvalue weighted by atomic mass is 35.5. The fourth-order valence-electron chi connectivity index (χ4n) is 3.31. The van der Waals surface area contributed by atoms with E-state index in [1.165, 1.54) is 0 Å². The van der Waals surface area contributed by atoms with E-state index in [0.717, 1.165) is 29.9 Å². The van der Waals surface area contributed by atoms with Crippen molar-refractivity contribution in [3.8, 4) is 11.5 Å². The summed E-state index contributed by atoms with van der Waals surface area (Å²) in [4.78, 5) is 11.0. The molecule has 4 rings (SSSR count). The van der Waals surface area contributed by atoms with Crippen molar-refractivity contribution in [3.05, 3.63) is 41.7 Å². The first-order valence-corrected chi connectivity index (χ1v) is 9.35. The first kappa shape index (κ1) is 18.6. The van der Waals surface area contributed by atoms with Crippen LogP contribution in [0.2, 0.25) is 5.28 Å². The number of aromatic nitrogens is 2. The van der Waals surface area contributed by atoms with Gasteiger partial charge in [0.15, 0.2) is 11.5 Å². The second kappa shape index (κ2) is 8.08. The Morgan fingerprint density at radius 2 is 1.75 bits per heavy atom. The van der Waals surface area contributed by atoms with Crippen molar-refractivity contribution >= 4 is 39.7 Å². The number of nitrogens with zero attached hydrogens (tertiary/aromatic N) is 3. The number of morpholine rings is 1. The summed E-state index contributed by atoms with van der Waals surface area (Å²) in [6.45, 7) is 3.12. The molecule has 0 amide bonds. The van der Waals surface area contributed by atoms with Crippen molar-refractivity contribution in [1.29, 1.82) is 0 Å². The molecule has 2 aromatic carbocycles. The lowest BCUT2D eigenvalue weighted by Gasteiger charge is -2.30. The van der Waals surface area contributed by atoms with E-state index in [4.69, 9.17) is 25.8 Å². The van der Waals surface area contributed by atoms with Crippen LogP contribution in [0, 0.1) is 0 Å². The SMILES string of the molecule is COc1cc2nc(Cl)nc(Nc3ccccc3N3CCOCC3)c2cc1OC. The Morgan fingerprint density at radius 1 is 1.04 bits per heavy atom. The molecular weight excluding hydrogens is 380 g/mol. The molecular formula is C20H21ClN4O3. The van der Waals surface area contributed by atoms with Gasteiger partial charge < -0.3 is 24.4 Å². The summed E-state index contributed by atoms with van der Waals surface area (Å²) >= 11 is 6.19. The zero-order valence-electron chi connectivity index (χ0n) is 15.7. The molecule has 3 aromatic rings. The molecule has 1 fully saturated rings. The van der Waals surface area contributed by atoms with Gasteiger partial charge in [0.25, 0.3) is 0 Å². The molecule has 8 heteroatoms. The van der Waals surface area contributed by atoms with Crippen LogP contribution in [-0.2, 0) is 4.74 Å². The molecule has 28 heavy (non-hydrogen) atoms. The van der Waals surface area contributed by atoms with Gasteiger partial charge in [0.1, 0.15) is 5.82 Å². The topological polar surface area (TPSA) is 68.7 Å². The highest BCUT2D eigenvalue weighted by molar-refractivity contribution is 6.28. The van der Waals surface area contributed by atoms with Crippen LogP contribution < -0.4 is 19.7 Å².